The number of hydrogen-bond acceptors (Lipinski definition) is 3. The van der Waals surface area contributed by atoms with Gasteiger partial charge in [-0.3, -0.25) is 4.79 Å². The molecule has 19 heavy (non-hydrogen) atoms. The topological polar surface area (TPSA) is 72.6 Å². The van der Waals surface area contributed by atoms with Crippen LogP contribution in [0.2, 0.25) is 0 Å². The first-order valence-corrected chi connectivity index (χ1v) is 5.95. The zero-order valence-electron chi connectivity index (χ0n) is 9.58. The van der Waals surface area contributed by atoms with Gasteiger partial charge in [-0.2, -0.15) is 13.2 Å². The molecule has 8 heteroatoms. The summed E-state index contributed by atoms with van der Waals surface area (Å²) in [4.78, 5) is 10.9. The highest BCUT2D eigenvalue weighted by molar-refractivity contribution is 9.10. The number of benzene rings is 1. The van der Waals surface area contributed by atoms with Gasteiger partial charge in [0.15, 0.2) is 0 Å². The predicted molar refractivity (Wildman–Crippen MR) is 64.8 cm³/mol. The average Bonchev–Trinajstić information content (AvgIpc) is 2.25. The van der Waals surface area contributed by atoms with Crippen LogP contribution in [0.4, 0.5) is 13.2 Å². The van der Waals surface area contributed by atoms with Crippen molar-refractivity contribution in [2.45, 2.75) is 18.7 Å². The van der Waals surface area contributed by atoms with Gasteiger partial charge in [-0.25, -0.2) is 0 Å². The summed E-state index contributed by atoms with van der Waals surface area (Å²) in [7, 11) is 0. The maximum atomic E-state index is 12.0. The van der Waals surface area contributed by atoms with E-state index in [4.69, 9.17) is 15.6 Å². The highest BCUT2D eigenvalue weighted by Gasteiger charge is 2.31. The molecule has 0 spiro atoms. The highest BCUT2D eigenvalue weighted by atomic mass is 79.9. The smallest absolute Gasteiger partial charge is 0.391 e. The molecule has 4 nitrogen and oxygen atoms in total. The van der Waals surface area contributed by atoms with Crippen molar-refractivity contribution in [3.8, 4) is 5.75 Å². The Kier molecular flexibility index (Phi) is 5.19. The van der Waals surface area contributed by atoms with Gasteiger partial charge in [0, 0.05) is 5.56 Å². The predicted octanol–water partition coefficient (Wildman–Crippen LogP) is 2.24. The first-order valence-electron chi connectivity index (χ1n) is 5.16. The molecule has 1 aromatic carbocycles. The van der Waals surface area contributed by atoms with Crippen molar-refractivity contribution in [3.05, 3.63) is 28.2 Å². The molecule has 0 aliphatic rings. The molecule has 0 fully saturated rings. The molecule has 106 valence electrons. The van der Waals surface area contributed by atoms with Crippen molar-refractivity contribution >= 4 is 21.8 Å². The Balaban J connectivity index is 2.67. The number of halogens is 4. The van der Waals surface area contributed by atoms with Gasteiger partial charge >= 0.3 is 6.18 Å². The molecule has 3 N–H and O–H groups in total. The molecule has 0 aliphatic carbocycles. The third-order valence-corrected chi connectivity index (χ3v) is 2.77. The molecule has 0 aromatic heterocycles. The maximum Gasteiger partial charge on any atom is 0.391 e. The molecular formula is C11H11BrF3NO3. The summed E-state index contributed by atoms with van der Waals surface area (Å²) in [5.41, 5.74) is 5.22. The third-order valence-electron chi connectivity index (χ3n) is 2.11. The number of carbonyl (C=O) groups is 1. The van der Waals surface area contributed by atoms with Crippen LogP contribution in [0.1, 0.15) is 16.8 Å². The van der Waals surface area contributed by atoms with E-state index in [1.807, 2.05) is 0 Å². The van der Waals surface area contributed by atoms with Crippen LogP contribution in [0.5, 0.6) is 5.75 Å². The molecule has 0 aliphatic heterocycles. The van der Waals surface area contributed by atoms with Crippen LogP contribution in [0.15, 0.2) is 22.7 Å². The van der Waals surface area contributed by atoms with Crippen molar-refractivity contribution in [1.29, 1.82) is 0 Å². The minimum atomic E-state index is -4.46. The third kappa shape index (κ3) is 5.48. The molecular weight excluding hydrogens is 331 g/mol. The van der Waals surface area contributed by atoms with Gasteiger partial charge in [0.05, 0.1) is 17.0 Å². The Hall–Kier alpha value is -1.28. The molecule has 1 unspecified atom stereocenters. The van der Waals surface area contributed by atoms with Gasteiger partial charge < -0.3 is 15.6 Å². The molecule has 0 saturated heterocycles. The van der Waals surface area contributed by atoms with Gasteiger partial charge in [0.25, 0.3) is 0 Å². The zero-order chi connectivity index (χ0) is 14.6. The van der Waals surface area contributed by atoms with Gasteiger partial charge in [0.1, 0.15) is 12.4 Å². The lowest BCUT2D eigenvalue weighted by Gasteiger charge is -2.15. The van der Waals surface area contributed by atoms with Crippen LogP contribution >= 0.6 is 15.9 Å². The summed E-state index contributed by atoms with van der Waals surface area (Å²) < 4.78 is 41.5. The molecule has 0 bridgehead atoms. The number of carbonyl (C=O) groups excluding carboxylic acids is 1. The Morgan fingerprint density at radius 2 is 2.11 bits per heavy atom. The SMILES string of the molecule is NC(=O)c1ccc(Br)c(OCC(O)CC(F)(F)F)c1. The second-order valence-corrected chi connectivity index (χ2v) is 4.65. The van der Waals surface area contributed by atoms with E-state index in [9.17, 15) is 18.0 Å². The van der Waals surface area contributed by atoms with Crippen molar-refractivity contribution in [2.24, 2.45) is 5.73 Å². The van der Waals surface area contributed by atoms with Crippen LogP contribution in [0.3, 0.4) is 0 Å². The fourth-order valence-corrected chi connectivity index (χ4v) is 1.64. The van der Waals surface area contributed by atoms with E-state index in [-0.39, 0.29) is 11.3 Å². The lowest BCUT2D eigenvalue weighted by Crippen LogP contribution is -2.25. The second kappa shape index (κ2) is 6.25. The molecule has 0 radical (unpaired) electrons. The molecule has 1 atom stereocenters. The van der Waals surface area contributed by atoms with Crippen LogP contribution in [0.25, 0.3) is 0 Å². The monoisotopic (exact) mass is 341 g/mol. The Bertz CT molecular complexity index is 465. The minimum absolute atomic E-state index is 0.137. The van der Waals surface area contributed by atoms with Crippen LogP contribution in [-0.2, 0) is 0 Å². The van der Waals surface area contributed by atoms with E-state index in [1.54, 1.807) is 0 Å². The molecule has 0 saturated carbocycles. The van der Waals surface area contributed by atoms with E-state index < -0.39 is 31.2 Å². The van der Waals surface area contributed by atoms with Crippen molar-refractivity contribution in [2.75, 3.05) is 6.61 Å². The molecule has 0 heterocycles. The number of primary amides is 1. The van der Waals surface area contributed by atoms with Crippen molar-refractivity contribution in [3.63, 3.8) is 0 Å². The Labute approximate surface area is 115 Å². The number of hydrogen-bond donors (Lipinski definition) is 2. The Morgan fingerprint density at radius 1 is 1.47 bits per heavy atom. The van der Waals surface area contributed by atoms with E-state index >= 15 is 0 Å². The van der Waals surface area contributed by atoms with E-state index in [0.29, 0.717) is 4.47 Å². The summed E-state index contributed by atoms with van der Waals surface area (Å²) >= 11 is 3.11. The fourth-order valence-electron chi connectivity index (χ4n) is 1.28. The van der Waals surface area contributed by atoms with Crippen LogP contribution < -0.4 is 10.5 Å². The van der Waals surface area contributed by atoms with Crippen LogP contribution in [-0.4, -0.2) is 29.9 Å². The lowest BCUT2D eigenvalue weighted by atomic mass is 10.2. The number of rotatable bonds is 5. The van der Waals surface area contributed by atoms with E-state index in [0.717, 1.165) is 0 Å². The minimum Gasteiger partial charge on any atom is -0.490 e. The van der Waals surface area contributed by atoms with Crippen LogP contribution in [0, 0.1) is 0 Å². The highest BCUT2D eigenvalue weighted by Crippen LogP contribution is 2.27. The first kappa shape index (κ1) is 15.8. The summed E-state index contributed by atoms with van der Waals surface area (Å²) in [5.74, 6) is -0.550. The standard InChI is InChI=1S/C11H11BrF3NO3/c12-8-2-1-6(10(16)18)3-9(8)19-5-7(17)4-11(13,14)15/h1-3,7,17H,4-5H2,(H2,16,18). The van der Waals surface area contributed by atoms with E-state index in [1.165, 1.54) is 18.2 Å². The average molecular weight is 342 g/mol. The molecule has 1 amide bonds. The molecule has 1 aromatic rings. The summed E-state index contributed by atoms with van der Waals surface area (Å²) in [5, 5.41) is 9.16. The van der Waals surface area contributed by atoms with Gasteiger partial charge in [-0.15, -0.1) is 0 Å². The van der Waals surface area contributed by atoms with E-state index in [2.05, 4.69) is 15.9 Å². The fraction of sp³-hybridized carbons (Fsp3) is 0.364. The summed E-state index contributed by atoms with van der Waals surface area (Å²) in [6.07, 6.45) is -7.50. The first-order chi connectivity index (χ1) is 8.69. The second-order valence-electron chi connectivity index (χ2n) is 3.79. The van der Waals surface area contributed by atoms with Crippen molar-refractivity contribution < 1.29 is 27.8 Å². The molecule has 1 rings (SSSR count). The number of nitrogens with two attached hydrogens (primary N) is 1. The largest absolute Gasteiger partial charge is 0.490 e. The van der Waals surface area contributed by atoms with Gasteiger partial charge in [0.2, 0.25) is 5.91 Å². The number of alkyl halides is 3. The van der Waals surface area contributed by atoms with Gasteiger partial charge in [-0.05, 0) is 34.1 Å². The number of aliphatic hydroxyl groups is 1. The quantitative estimate of drug-likeness (QED) is 0.862. The number of aliphatic hydroxyl groups excluding tert-OH is 1. The normalized spacial score (nSPS) is 13.1. The number of ether oxygens (including phenoxy) is 1. The summed E-state index contributed by atoms with van der Waals surface area (Å²) in [6, 6.07) is 4.20. The summed E-state index contributed by atoms with van der Waals surface area (Å²) in [6.45, 7) is -0.541. The number of amides is 1. The van der Waals surface area contributed by atoms with Gasteiger partial charge in [-0.1, -0.05) is 0 Å². The maximum absolute atomic E-state index is 12.0. The van der Waals surface area contributed by atoms with Crippen molar-refractivity contribution in [1.82, 2.24) is 0 Å². The Morgan fingerprint density at radius 3 is 2.63 bits per heavy atom. The lowest BCUT2D eigenvalue weighted by molar-refractivity contribution is -0.156. The zero-order valence-corrected chi connectivity index (χ0v) is 11.2.